The number of alkyl halides is 1. The predicted octanol–water partition coefficient (Wildman–Crippen LogP) is 4.05. The van der Waals surface area contributed by atoms with Crippen LogP contribution >= 0.6 is 15.9 Å². The van der Waals surface area contributed by atoms with Crippen molar-refractivity contribution in [3.63, 3.8) is 0 Å². The molecule has 4 rings (SSSR count). The fraction of sp³-hybridized carbons (Fsp3) is 0.0556. The molecule has 0 atom stereocenters. The van der Waals surface area contributed by atoms with Crippen molar-refractivity contribution in [1.82, 2.24) is 0 Å². The van der Waals surface area contributed by atoms with Crippen LogP contribution in [0.3, 0.4) is 0 Å². The van der Waals surface area contributed by atoms with E-state index in [0.29, 0.717) is 11.4 Å². The van der Waals surface area contributed by atoms with Crippen LogP contribution in [0.25, 0.3) is 10.8 Å². The van der Waals surface area contributed by atoms with E-state index < -0.39 is 9.84 Å². The van der Waals surface area contributed by atoms with Crippen LogP contribution in [0.2, 0.25) is 0 Å². The van der Waals surface area contributed by atoms with Crippen molar-refractivity contribution >= 4 is 53.8 Å². The van der Waals surface area contributed by atoms with Crippen molar-refractivity contribution < 1.29 is 13.2 Å². The van der Waals surface area contributed by atoms with Gasteiger partial charge in [-0.1, -0.05) is 58.4 Å². The summed E-state index contributed by atoms with van der Waals surface area (Å²) in [5, 5.41) is 1.73. The quantitative estimate of drug-likeness (QED) is 0.578. The number of nitrogens with zero attached hydrogens (tertiary/aromatic N) is 1. The van der Waals surface area contributed by atoms with E-state index in [4.69, 9.17) is 0 Å². The first-order valence-electron chi connectivity index (χ1n) is 7.30. The molecule has 0 aromatic heterocycles. The number of hydrogen-bond acceptors (Lipinski definition) is 3. The molecule has 0 fully saturated rings. The average molecular weight is 402 g/mol. The number of fused-ring (bicyclic) bond motifs is 4. The Bertz CT molecular complexity index is 1090. The van der Waals surface area contributed by atoms with Crippen molar-refractivity contribution in [2.75, 3.05) is 10.2 Å². The number of carbonyl (C=O) groups is 1. The average Bonchev–Trinajstić information content (AvgIpc) is 2.61. The molecule has 1 amide bonds. The topological polar surface area (TPSA) is 54.5 Å². The van der Waals surface area contributed by atoms with E-state index in [0.717, 1.165) is 10.8 Å². The lowest BCUT2D eigenvalue weighted by molar-refractivity contribution is -0.115. The van der Waals surface area contributed by atoms with Crippen LogP contribution < -0.4 is 4.90 Å². The summed E-state index contributed by atoms with van der Waals surface area (Å²) in [5.41, 5.74) is 0.821. The van der Waals surface area contributed by atoms with Gasteiger partial charge < -0.3 is 0 Å². The molecule has 6 heteroatoms. The number of sulfone groups is 1. The minimum atomic E-state index is -3.68. The number of hydrogen-bond donors (Lipinski definition) is 0. The Balaban J connectivity index is 2.19. The smallest absolute Gasteiger partial charge is 0.242 e. The SMILES string of the molecule is O=C(CBr)N1c2ccccc2S(=O)(=O)c2ccc3ccccc3c21. The van der Waals surface area contributed by atoms with Gasteiger partial charge in [0.2, 0.25) is 15.7 Å². The highest BCUT2D eigenvalue weighted by Crippen LogP contribution is 2.47. The van der Waals surface area contributed by atoms with Crippen LogP contribution in [0.1, 0.15) is 0 Å². The minimum absolute atomic E-state index is 0.101. The molecule has 0 spiro atoms. The molecule has 0 radical (unpaired) electrons. The maximum absolute atomic E-state index is 13.0. The molecule has 3 aromatic carbocycles. The molecule has 3 aromatic rings. The van der Waals surface area contributed by atoms with Gasteiger partial charge in [0.25, 0.3) is 0 Å². The number of anilines is 2. The van der Waals surface area contributed by atoms with Gasteiger partial charge in [0.1, 0.15) is 0 Å². The molecular weight excluding hydrogens is 390 g/mol. The van der Waals surface area contributed by atoms with Gasteiger partial charge in [-0.25, -0.2) is 8.42 Å². The van der Waals surface area contributed by atoms with Crippen molar-refractivity contribution in [3.05, 3.63) is 60.7 Å². The molecule has 4 nitrogen and oxygen atoms in total. The first-order valence-corrected chi connectivity index (χ1v) is 9.91. The fourth-order valence-electron chi connectivity index (χ4n) is 3.11. The summed E-state index contributed by atoms with van der Waals surface area (Å²) < 4.78 is 26.1. The fourth-order valence-corrected chi connectivity index (χ4v) is 4.99. The lowest BCUT2D eigenvalue weighted by Crippen LogP contribution is -2.32. The normalized spacial score (nSPS) is 15.0. The van der Waals surface area contributed by atoms with E-state index in [-0.39, 0.29) is 21.0 Å². The second kappa shape index (κ2) is 5.43. The Kier molecular flexibility index (Phi) is 3.47. The number of para-hydroxylation sites is 1. The standard InChI is InChI=1S/C18H12BrNO3S/c19-11-17(21)20-14-7-3-4-8-15(14)24(22,23)16-10-9-12-5-1-2-6-13(12)18(16)20/h1-10H,11H2. The molecule has 0 unspecified atom stereocenters. The molecule has 1 heterocycles. The largest absolute Gasteiger partial charge is 0.277 e. The van der Waals surface area contributed by atoms with E-state index in [9.17, 15) is 13.2 Å². The number of benzene rings is 3. The van der Waals surface area contributed by atoms with Gasteiger partial charge in [-0.05, 0) is 23.6 Å². The first kappa shape index (κ1) is 15.4. The molecule has 0 aliphatic carbocycles. The zero-order chi connectivity index (χ0) is 16.9. The summed E-state index contributed by atoms with van der Waals surface area (Å²) in [7, 11) is -3.68. The third-order valence-corrected chi connectivity index (χ3v) is 6.45. The maximum atomic E-state index is 13.0. The Morgan fingerprint density at radius 3 is 2.42 bits per heavy atom. The van der Waals surface area contributed by atoms with E-state index in [1.54, 1.807) is 30.3 Å². The van der Waals surface area contributed by atoms with Gasteiger partial charge in [0.15, 0.2) is 0 Å². The number of amides is 1. The van der Waals surface area contributed by atoms with E-state index in [1.165, 1.54) is 11.0 Å². The van der Waals surface area contributed by atoms with Gasteiger partial charge >= 0.3 is 0 Å². The maximum Gasteiger partial charge on any atom is 0.242 e. The van der Waals surface area contributed by atoms with Crippen LogP contribution in [-0.4, -0.2) is 19.7 Å². The van der Waals surface area contributed by atoms with Crippen LogP contribution in [0, 0.1) is 0 Å². The lowest BCUT2D eigenvalue weighted by Gasteiger charge is -2.32. The molecule has 0 bridgehead atoms. The second-order valence-electron chi connectivity index (χ2n) is 5.47. The molecule has 24 heavy (non-hydrogen) atoms. The third-order valence-electron chi connectivity index (χ3n) is 4.14. The van der Waals surface area contributed by atoms with Crippen molar-refractivity contribution in [3.8, 4) is 0 Å². The lowest BCUT2D eigenvalue weighted by atomic mass is 10.1. The van der Waals surface area contributed by atoms with Gasteiger partial charge in [-0.15, -0.1) is 0 Å². The van der Waals surface area contributed by atoms with E-state index in [1.807, 2.05) is 24.3 Å². The highest BCUT2D eigenvalue weighted by molar-refractivity contribution is 9.09. The van der Waals surface area contributed by atoms with Crippen LogP contribution in [-0.2, 0) is 14.6 Å². The van der Waals surface area contributed by atoms with Crippen molar-refractivity contribution in [1.29, 1.82) is 0 Å². The zero-order valence-electron chi connectivity index (χ0n) is 12.4. The number of halogens is 1. The highest BCUT2D eigenvalue weighted by atomic mass is 79.9. The molecular formula is C18H12BrNO3S. The highest BCUT2D eigenvalue weighted by Gasteiger charge is 2.37. The third kappa shape index (κ3) is 2.03. The first-order chi connectivity index (χ1) is 11.6. The monoisotopic (exact) mass is 401 g/mol. The molecule has 0 saturated heterocycles. The summed E-state index contributed by atoms with van der Waals surface area (Å²) in [4.78, 5) is 14.5. The van der Waals surface area contributed by atoms with Crippen molar-refractivity contribution in [2.45, 2.75) is 9.79 Å². The van der Waals surface area contributed by atoms with Crippen LogP contribution in [0.5, 0.6) is 0 Å². The minimum Gasteiger partial charge on any atom is -0.277 e. The Labute approximate surface area is 147 Å². The summed E-state index contributed by atoms with van der Waals surface area (Å²) in [6.07, 6.45) is 0. The van der Waals surface area contributed by atoms with Gasteiger partial charge in [-0.2, -0.15) is 0 Å². The summed E-state index contributed by atoms with van der Waals surface area (Å²) in [5.74, 6) is -0.213. The number of rotatable bonds is 1. The van der Waals surface area contributed by atoms with E-state index in [2.05, 4.69) is 15.9 Å². The molecule has 1 aliphatic rings. The zero-order valence-corrected chi connectivity index (χ0v) is 14.8. The van der Waals surface area contributed by atoms with Gasteiger partial charge in [0.05, 0.1) is 26.5 Å². The molecule has 0 N–H and O–H groups in total. The molecule has 120 valence electrons. The van der Waals surface area contributed by atoms with Gasteiger partial charge in [0, 0.05) is 5.39 Å². The predicted molar refractivity (Wildman–Crippen MR) is 96.8 cm³/mol. The van der Waals surface area contributed by atoms with Gasteiger partial charge in [-0.3, -0.25) is 9.69 Å². The Morgan fingerprint density at radius 1 is 0.917 bits per heavy atom. The van der Waals surface area contributed by atoms with E-state index >= 15 is 0 Å². The second-order valence-corrected chi connectivity index (χ2v) is 7.91. The van der Waals surface area contributed by atoms with Crippen molar-refractivity contribution in [2.24, 2.45) is 0 Å². The number of carbonyl (C=O) groups excluding carboxylic acids is 1. The Morgan fingerprint density at radius 2 is 1.62 bits per heavy atom. The van der Waals surface area contributed by atoms with Crippen LogP contribution in [0.15, 0.2) is 70.5 Å². The summed E-state index contributed by atoms with van der Waals surface area (Å²) in [6.45, 7) is 0. The summed E-state index contributed by atoms with van der Waals surface area (Å²) in [6, 6.07) is 17.4. The Hall–Kier alpha value is -2.18. The van der Waals surface area contributed by atoms with Crippen LogP contribution in [0.4, 0.5) is 11.4 Å². The summed E-state index contributed by atoms with van der Waals surface area (Å²) >= 11 is 3.21. The molecule has 0 saturated carbocycles. The molecule has 1 aliphatic heterocycles.